The molecular weight excluding hydrogens is 292 g/mol. The Bertz CT molecular complexity index is 697. The van der Waals surface area contributed by atoms with E-state index in [1.807, 2.05) is 14.0 Å². The molecule has 0 aliphatic rings. The third kappa shape index (κ3) is 3.76. The molecule has 0 spiro atoms. The number of anilines is 1. The molecule has 2 aromatic rings. The number of rotatable bonds is 7. The quantitative estimate of drug-likeness (QED) is 0.755. The number of nitrogens with one attached hydrogen (secondary N) is 2. The second-order valence-corrected chi connectivity index (χ2v) is 6.14. The summed E-state index contributed by atoms with van der Waals surface area (Å²) >= 11 is 0. The lowest BCUT2D eigenvalue weighted by atomic mass is 10.4. The molecule has 0 aliphatic carbocycles. The van der Waals surface area contributed by atoms with E-state index in [0.29, 0.717) is 18.7 Å². The molecule has 0 unspecified atom stereocenters. The number of hydrogen-bond donors (Lipinski definition) is 2. The molecule has 0 bridgehead atoms. The maximum atomic E-state index is 12.3. The molecule has 0 fully saturated rings. The Hall–Kier alpha value is -2.00. The Kier molecular flexibility index (Phi) is 4.86. The average Bonchev–Trinajstić information content (AvgIpc) is 2.85. The van der Waals surface area contributed by atoms with Crippen molar-refractivity contribution in [2.24, 2.45) is 7.05 Å². The summed E-state index contributed by atoms with van der Waals surface area (Å²) in [6.45, 7) is 2.78. The average molecular weight is 310 g/mol. The highest BCUT2D eigenvalue weighted by Gasteiger charge is 2.18. The number of nitrogens with zero attached hydrogens (tertiary/aromatic N) is 4. The van der Waals surface area contributed by atoms with Gasteiger partial charge in [0.15, 0.2) is 0 Å². The topological polar surface area (TPSA) is 102 Å². The first-order valence-corrected chi connectivity index (χ1v) is 8.03. The van der Waals surface area contributed by atoms with E-state index in [4.69, 9.17) is 0 Å². The van der Waals surface area contributed by atoms with Crippen LogP contribution in [-0.4, -0.2) is 41.3 Å². The molecule has 0 atom stereocenters. The van der Waals surface area contributed by atoms with Gasteiger partial charge in [-0.05, 0) is 13.0 Å². The molecule has 9 heteroatoms. The minimum atomic E-state index is -3.61. The van der Waals surface area contributed by atoms with E-state index < -0.39 is 10.0 Å². The van der Waals surface area contributed by atoms with Gasteiger partial charge in [-0.2, -0.15) is 0 Å². The standard InChI is InChI=1S/C12H18N6O2S/c1-3-14-10-4-6-13-8-11(10)21(19,20)16-7-5-12-17-15-9-18(12)2/h4,6,8-9,16H,3,5,7H2,1-2H3,(H,13,14). The van der Waals surface area contributed by atoms with Gasteiger partial charge in [-0.15, -0.1) is 10.2 Å². The van der Waals surface area contributed by atoms with Crippen molar-refractivity contribution in [3.05, 3.63) is 30.6 Å². The number of aryl methyl sites for hydroxylation is 1. The SMILES string of the molecule is CCNc1ccncc1S(=O)(=O)NCCc1nncn1C. The highest BCUT2D eigenvalue weighted by atomic mass is 32.2. The molecule has 0 aromatic carbocycles. The predicted octanol–water partition coefficient (Wildman–Crippen LogP) is 0.163. The van der Waals surface area contributed by atoms with Crippen molar-refractivity contribution < 1.29 is 8.42 Å². The molecule has 0 radical (unpaired) electrons. The van der Waals surface area contributed by atoms with Crippen LogP contribution < -0.4 is 10.0 Å². The smallest absolute Gasteiger partial charge is 0.244 e. The summed E-state index contributed by atoms with van der Waals surface area (Å²) < 4.78 is 28.9. The van der Waals surface area contributed by atoms with E-state index in [1.54, 1.807) is 23.2 Å². The summed E-state index contributed by atoms with van der Waals surface area (Å²) in [4.78, 5) is 4.02. The van der Waals surface area contributed by atoms with E-state index in [1.165, 1.54) is 6.20 Å². The number of sulfonamides is 1. The molecule has 0 amide bonds. The molecule has 8 nitrogen and oxygen atoms in total. The van der Waals surface area contributed by atoms with Crippen molar-refractivity contribution in [3.8, 4) is 0 Å². The molecule has 0 saturated heterocycles. The van der Waals surface area contributed by atoms with Gasteiger partial charge in [-0.25, -0.2) is 13.1 Å². The van der Waals surface area contributed by atoms with Crippen LogP contribution in [0.15, 0.2) is 29.7 Å². The van der Waals surface area contributed by atoms with Crippen molar-refractivity contribution in [3.63, 3.8) is 0 Å². The lowest BCUT2D eigenvalue weighted by Gasteiger charge is -2.11. The minimum absolute atomic E-state index is 0.143. The molecule has 21 heavy (non-hydrogen) atoms. The summed E-state index contributed by atoms with van der Waals surface area (Å²) in [5, 5.41) is 10.7. The second kappa shape index (κ2) is 6.64. The largest absolute Gasteiger partial charge is 0.384 e. The van der Waals surface area contributed by atoms with Crippen LogP contribution in [0, 0.1) is 0 Å². The Morgan fingerprint density at radius 1 is 1.38 bits per heavy atom. The number of pyridine rings is 1. The van der Waals surface area contributed by atoms with E-state index in [-0.39, 0.29) is 11.4 Å². The normalized spacial score (nSPS) is 11.5. The van der Waals surface area contributed by atoms with Crippen molar-refractivity contribution in [1.82, 2.24) is 24.5 Å². The van der Waals surface area contributed by atoms with Gasteiger partial charge in [0.05, 0.1) is 5.69 Å². The lowest BCUT2D eigenvalue weighted by molar-refractivity contribution is 0.580. The van der Waals surface area contributed by atoms with Crippen molar-refractivity contribution in [2.75, 3.05) is 18.4 Å². The fraction of sp³-hybridized carbons (Fsp3) is 0.417. The van der Waals surface area contributed by atoms with Crippen molar-refractivity contribution >= 4 is 15.7 Å². The fourth-order valence-corrected chi connectivity index (χ4v) is 2.99. The van der Waals surface area contributed by atoms with Gasteiger partial charge in [-0.3, -0.25) is 4.98 Å². The zero-order valence-electron chi connectivity index (χ0n) is 11.9. The molecular formula is C12H18N6O2S. The highest BCUT2D eigenvalue weighted by Crippen LogP contribution is 2.18. The monoisotopic (exact) mass is 310 g/mol. The van der Waals surface area contributed by atoms with Crippen LogP contribution in [0.3, 0.4) is 0 Å². The first kappa shape index (κ1) is 15.4. The Morgan fingerprint density at radius 3 is 2.86 bits per heavy atom. The molecule has 2 N–H and O–H groups in total. The molecule has 0 aliphatic heterocycles. The zero-order chi connectivity index (χ0) is 15.3. The van der Waals surface area contributed by atoms with Gasteiger partial charge >= 0.3 is 0 Å². The van der Waals surface area contributed by atoms with E-state index in [0.717, 1.165) is 5.82 Å². The van der Waals surface area contributed by atoms with Gasteiger partial charge in [0, 0.05) is 39.0 Å². The maximum absolute atomic E-state index is 12.3. The molecule has 0 saturated carbocycles. The summed E-state index contributed by atoms with van der Waals surface area (Å²) in [5.74, 6) is 0.718. The minimum Gasteiger partial charge on any atom is -0.384 e. The van der Waals surface area contributed by atoms with Crippen LogP contribution in [0.1, 0.15) is 12.7 Å². The predicted molar refractivity (Wildman–Crippen MR) is 78.3 cm³/mol. The summed E-state index contributed by atoms with van der Waals surface area (Å²) in [6, 6.07) is 1.64. The van der Waals surface area contributed by atoms with Crippen LogP contribution in [0.5, 0.6) is 0 Å². The van der Waals surface area contributed by atoms with Crippen LogP contribution in [0.2, 0.25) is 0 Å². The Labute approximate surface area is 123 Å². The van der Waals surface area contributed by atoms with Gasteiger partial charge in [0.1, 0.15) is 17.0 Å². The van der Waals surface area contributed by atoms with Gasteiger partial charge < -0.3 is 9.88 Å². The Balaban J connectivity index is 2.07. The third-order valence-electron chi connectivity index (χ3n) is 2.89. The number of hydrogen-bond acceptors (Lipinski definition) is 6. The summed E-state index contributed by atoms with van der Waals surface area (Å²) in [5.41, 5.74) is 0.540. The van der Waals surface area contributed by atoms with Crippen molar-refractivity contribution in [2.45, 2.75) is 18.2 Å². The highest BCUT2D eigenvalue weighted by molar-refractivity contribution is 7.89. The van der Waals surface area contributed by atoms with Crippen LogP contribution in [-0.2, 0) is 23.5 Å². The van der Waals surface area contributed by atoms with E-state index in [9.17, 15) is 8.42 Å². The van der Waals surface area contributed by atoms with E-state index >= 15 is 0 Å². The number of aromatic nitrogens is 4. The van der Waals surface area contributed by atoms with Crippen LogP contribution in [0.25, 0.3) is 0 Å². The molecule has 2 heterocycles. The van der Waals surface area contributed by atoms with Crippen molar-refractivity contribution in [1.29, 1.82) is 0 Å². The molecule has 2 rings (SSSR count). The molecule has 114 valence electrons. The molecule has 2 aromatic heterocycles. The zero-order valence-corrected chi connectivity index (χ0v) is 12.8. The maximum Gasteiger partial charge on any atom is 0.244 e. The first-order valence-electron chi connectivity index (χ1n) is 6.55. The van der Waals surface area contributed by atoms with Gasteiger partial charge in [0.25, 0.3) is 0 Å². The second-order valence-electron chi connectivity index (χ2n) is 4.41. The van der Waals surface area contributed by atoms with Gasteiger partial charge in [0.2, 0.25) is 10.0 Å². The lowest BCUT2D eigenvalue weighted by Crippen LogP contribution is -2.27. The van der Waals surface area contributed by atoms with E-state index in [2.05, 4.69) is 25.2 Å². The van der Waals surface area contributed by atoms with Crippen LogP contribution >= 0.6 is 0 Å². The fourth-order valence-electron chi connectivity index (χ4n) is 1.84. The van der Waals surface area contributed by atoms with Crippen LogP contribution in [0.4, 0.5) is 5.69 Å². The third-order valence-corrected chi connectivity index (χ3v) is 4.38. The summed E-state index contributed by atoms with van der Waals surface area (Å²) in [6.07, 6.45) is 4.93. The first-order chi connectivity index (χ1) is 10.0. The van der Waals surface area contributed by atoms with Gasteiger partial charge in [-0.1, -0.05) is 0 Å². The Morgan fingerprint density at radius 2 is 2.19 bits per heavy atom. The summed E-state index contributed by atoms with van der Waals surface area (Å²) in [7, 11) is -1.80.